The molecular weight excluding hydrogens is 262 g/mol. The zero-order chi connectivity index (χ0) is 10.5. The second kappa shape index (κ2) is 2.84. The van der Waals surface area contributed by atoms with Gasteiger partial charge in [0.1, 0.15) is 0 Å². The minimum atomic E-state index is -1.21. The molecule has 0 saturated carbocycles. The van der Waals surface area contributed by atoms with Gasteiger partial charge < -0.3 is 4.74 Å². The monoisotopic (exact) mass is 262 g/mol. The van der Waals surface area contributed by atoms with E-state index >= 15 is 0 Å². The van der Waals surface area contributed by atoms with Gasteiger partial charge in [0.2, 0.25) is 0 Å². The number of carbonyl (C=O) groups is 2. The maximum absolute atomic E-state index is 12.9. The van der Waals surface area contributed by atoms with Crippen molar-refractivity contribution in [3.8, 4) is 0 Å². The van der Waals surface area contributed by atoms with E-state index < -0.39 is 23.6 Å². The lowest BCUT2D eigenvalue weighted by atomic mass is 10.1. The molecule has 1 aromatic carbocycles. The lowest BCUT2D eigenvalue weighted by Gasteiger charge is -1.99. The molecule has 0 atom stereocenters. The van der Waals surface area contributed by atoms with Crippen LogP contribution in [0.15, 0.2) is 10.5 Å². The van der Waals surface area contributed by atoms with Crippen molar-refractivity contribution in [3.05, 3.63) is 33.3 Å². The largest absolute Gasteiger partial charge is 0.386 e. The van der Waals surface area contributed by atoms with E-state index in [4.69, 9.17) is 0 Å². The van der Waals surface area contributed by atoms with E-state index in [0.29, 0.717) is 6.07 Å². The van der Waals surface area contributed by atoms with E-state index in [1.165, 1.54) is 0 Å². The van der Waals surface area contributed by atoms with Crippen LogP contribution in [0.4, 0.5) is 8.78 Å². The van der Waals surface area contributed by atoms with Crippen LogP contribution in [0.3, 0.4) is 0 Å². The second-order valence-electron chi connectivity index (χ2n) is 2.59. The normalized spacial score (nSPS) is 14.2. The Labute approximate surface area is 84.8 Å². The zero-order valence-electron chi connectivity index (χ0n) is 6.44. The molecule has 0 unspecified atom stereocenters. The summed E-state index contributed by atoms with van der Waals surface area (Å²) >= 11 is 2.68. The highest BCUT2D eigenvalue weighted by molar-refractivity contribution is 9.10. The highest BCUT2D eigenvalue weighted by Crippen LogP contribution is 2.31. The minimum Gasteiger partial charge on any atom is -0.386 e. The molecule has 0 radical (unpaired) electrons. The van der Waals surface area contributed by atoms with Crippen LogP contribution in [0.2, 0.25) is 0 Å². The number of esters is 2. The fourth-order valence-corrected chi connectivity index (χ4v) is 1.71. The Balaban J connectivity index is 2.82. The van der Waals surface area contributed by atoms with Crippen LogP contribution < -0.4 is 0 Å². The molecule has 72 valence electrons. The van der Waals surface area contributed by atoms with Crippen LogP contribution in [0.1, 0.15) is 20.7 Å². The third-order valence-electron chi connectivity index (χ3n) is 1.77. The summed E-state index contributed by atoms with van der Waals surface area (Å²) in [6, 6.07) is 0.642. The summed E-state index contributed by atoms with van der Waals surface area (Å²) in [5.41, 5.74) is -0.533. The third kappa shape index (κ3) is 1.07. The smallest absolute Gasteiger partial charge is 0.348 e. The summed E-state index contributed by atoms with van der Waals surface area (Å²) in [6.07, 6.45) is 0. The van der Waals surface area contributed by atoms with E-state index in [1.807, 2.05) is 0 Å². The highest BCUT2D eigenvalue weighted by Gasteiger charge is 2.34. The summed E-state index contributed by atoms with van der Waals surface area (Å²) in [5, 5.41) is 0. The molecule has 6 heteroatoms. The number of rotatable bonds is 0. The Bertz CT molecular complexity index is 470. The summed E-state index contributed by atoms with van der Waals surface area (Å²) in [7, 11) is 0. The number of hydrogen-bond acceptors (Lipinski definition) is 3. The second-order valence-corrected chi connectivity index (χ2v) is 3.38. The van der Waals surface area contributed by atoms with Crippen molar-refractivity contribution in [2.45, 2.75) is 0 Å². The van der Waals surface area contributed by atoms with Crippen LogP contribution >= 0.6 is 15.9 Å². The summed E-state index contributed by atoms with van der Waals surface area (Å²) in [5.74, 6) is -4.36. The molecule has 14 heavy (non-hydrogen) atoms. The molecule has 1 aliphatic rings. The molecule has 1 heterocycles. The van der Waals surface area contributed by atoms with Crippen molar-refractivity contribution in [2.24, 2.45) is 0 Å². The van der Waals surface area contributed by atoms with Crippen LogP contribution in [-0.2, 0) is 4.74 Å². The average Bonchev–Trinajstić information content (AvgIpc) is 2.38. The number of hydrogen-bond donors (Lipinski definition) is 0. The molecule has 0 fully saturated rings. The van der Waals surface area contributed by atoms with Gasteiger partial charge in [-0.2, -0.15) is 0 Å². The van der Waals surface area contributed by atoms with E-state index in [0.717, 1.165) is 0 Å². The predicted octanol–water partition coefficient (Wildman–Crippen LogP) is 2.04. The Morgan fingerprint density at radius 1 is 1.21 bits per heavy atom. The number of benzene rings is 1. The van der Waals surface area contributed by atoms with E-state index in [9.17, 15) is 18.4 Å². The number of ether oxygens (including phenoxy) is 1. The van der Waals surface area contributed by atoms with Crippen LogP contribution in [0, 0.1) is 11.6 Å². The van der Waals surface area contributed by atoms with Crippen molar-refractivity contribution in [2.75, 3.05) is 0 Å². The van der Waals surface area contributed by atoms with Crippen molar-refractivity contribution >= 4 is 27.9 Å². The lowest BCUT2D eigenvalue weighted by molar-refractivity contribution is 0.0443. The molecule has 0 saturated heterocycles. The first-order chi connectivity index (χ1) is 6.52. The van der Waals surface area contributed by atoms with Gasteiger partial charge in [-0.3, -0.25) is 0 Å². The van der Waals surface area contributed by atoms with E-state index in [1.54, 1.807) is 0 Å². The standard InChI is InChI=1S/C8HBrF2O3/c9-5-4-2(1-3(10)6(5)11)7(12)14-8(4)13/h1H. The molecule has 0 aromatic heterocycles. The maximum atomic E-state index is 12.9. The number of fused-ring (bicyclic) bond motifs is 1. The Kier molecular flexibility index (Phi) is 1.88. The van der Waals surface area contributed by atoms with Gasteiger partial charge in [0.05, 0.1) is 15.6 Å². The van der Waals surface area contributed by atoms with Gasteiger partial charge in [0, 0.05) is 0 Å². The first-order valence-corrected chi connectivity index (χ1v) is 4.25. The number of carbonyl (C=O) groups excluding carboxylic acids is 2. The van der Waals surface area contributed by atoms with Gasteiger partial charge >= 0.3 is 11.9 Å². The fourth-order valence-electron chi connectivity index (χ4n) is 1.15. The van der Waals surface area contributed by atoms with Crippen LogP contribution in [0.5, 0.6) is 0 Å². The third-order valence-corrected chi connectivity index (χ3v) is 2.52. The summed E-state index contributed by atoms with van der Waals surface area (Å²) in [4.78, 5) is 21.9. The Morgan fingerprint density at radius 2 is 1.86 bits per heavy atom. The van der Waals surface area contributed by atoms with Crippen molar-refractivity contribution in [3.63, 3.8) is 0 Å². The molecule has 0 aliphatic carbocycles. The molecular formula is C8HBrF2O3. The summed E-state index contributed by atoms with van der Waals surface area (Å²) in [6.45, 7) is 0. The fraction of sp³-hybridized carbons (Fsp3) is 0. The maximum Gasteiger partial charge on any atom is 0.348 e. The van der Waals surface area contributed by atoms with Gasteiger partial charge in [-0.25, -0.2) is 18.4 Å². The van der Waals surface area contributed by atoms with Crippen LogP contribution in [0.25, 0.3) is 0 Å². The molecule has 2 rings (SSSR count). The van der Waals surface area contributed by atoms with Crippen molar-refractivity contribution < 1.29 is 23.1 Å². The highest BCUT2D eigenvalue weighted by atomic mass is 79.9. The van der Waals surface area contributed by atoms with Crippen molar-refractivity contribution in [1.82, 2.24) is 0 Å². The molecule has 0 N–H and O–H groups in total. The summed E-state index contributed by atoms with van der Waals surface area (Å²) < 4.78 is 29.6. The van der Waals surface area contributed by atoms with Crippen LogP contribution in [-0.4, -0.2) is 11.9 Å². The van der Waals surface area contributed by atoms with Gasteiger partial charge in [0.15, 0.2) is 11.6 Å². The SMILES string of the molecule is O=C1OC(=O)c2c1cc(F)c(F)c2Br. The van der Waals surface area contributed by atoms with Gasteiger partial charge in [0.25, 0.3) is 0 Å². The zero-order valence-corrected chi connectivity index (χ0v) is 8.02. The molecule has 3 nitrogen and oxygen atoms in total. The van der Waals surface area contributed by atoms with E-state index in [-0.39, 0.29) is 15.6 Å². The minimum absolute atomic E-state index is 0.263. The quantitative estimate of drug-likeness (QED) is 0.408. The topological polar surface area (TPSA) is 43.4 Å². The average molecular weight is 263 g/mol. The lowest BCUT2D eigenvalue weighted by Crippen LogP contribution is -1.99. The molecule has 1 aromatic rings. The molecule has 1 aliphatic heterocycles. The first-order valence-electron chi connectivity index (χ1n) is 3.46. The van der Waals surface area contributed by atoms with Crippen molar-refractivity contribution in [1.29, 1.82) is 0 Å². The molecule has 0 amide bonds. The van der Waals surface area contributed by atoms with E-state index in [2.05, 4.69) is 20.7 Å². The molecule has 0 spiro atoms. The number of cyclic esters (lactones) is 2. The van der Waals surface area contributed by atoms with Gasteiger partial charge in [-0.1, -0.05) is 0 Å². The predicted molar refractivity (Wildman–Crippen MR) is 43.8 cm³/mol. The first kappa shape index (κ1) is 9.26. The van der Waals surface area contributed by atoms with Gasteiger partial charge in [-0.15, -0.1) is 0 Å². The Hall–Kier alpha value is -1.30. The van der Waals surface area contributed by atoms with Gasteiger partial charge in [-0.05, 0) is 22.0 Å². The number of halogens is 3. The Morgan fingerprint density at radius 3 is 2.50 bits per heavy atom. The molecule has 0 bridgehead atoms.